The largest absolute Gasteiger partial charge is 0.340 e. The Morgan fingerprint density at radius 2 is 1.95 bits per heavy atom. The molecule has 1 N–H and O–H groups in total. The van der Waals surface area contributed by atoms with Crippen LogP contribution in [0.5, 0.6) is 0 Å². The highest BCUT2D eigenvalue weighted by molar-refractivity contribution is 5.97. The predicted octanol–water partition coefficient (Wildman–Crippen LogP) is 0.845. The second-order valence-corrected chi connectivity index (χ2v) is 6.07. The zero-order valence-corrected chi connectivity index (χ0v) is 12.9. The van der Waals surface area contributed by atoms with Crippen LogP contribution in [0.25, 0.3) is 0 Å². The van der Waals surface area contributed by atoms with Crippen molar-refractivity contribution in [1.29, 1.82) is 0 Å². The van der Waals surface area contributed by atoms with Gasteiger partial charge in [0.1, 0.15) is 5.54 Å². The second-order valence-electron chi connectivity index (χ2n) is 6.07. The van der Waals surface area contributed by atoms with Crippen LogP contribution in [0.1, 0.15) is 40.0 Å². The van der Waals surface area contributed by atoms with Gasteiger partial charge in [0.2, 0.25) is 11.8 Å². The molecule has 0 aliphatic carbocycles. The molecule has 2 heterocycles. The number of piperazine rings is 1. The summed E-state index contributed by atoms with van der Waals surface area (Å²) in [5, 5.41) is 2.91. The van der Waals surface area contributed by atoms with E-state index < -0.39 is 5.54 Å². The molecule has 2 amide bonds. The van der Waals surface area contributed by atoms with Gasteiger partial charge in [-0.25, -0.2) is 0 Å². The average molecular weight is 281 g/mol. The molecule has 2 fully saturated rings. The Kier molecular flexibility index (Phi) is 4.68. The maximum Gasteiger partial charge on any atom is 0.248 e. The van der Waals surface area contributed by atoms with Crippen molar-refractivity contribution in [2.24, 2.45) is 5.92 Å². The van der Waals surface area contributed by atoms with Crippen molar-refractivity contribution in [2.45, 2.75) is 45.6 Å². The number of carbonyl (C=O) groups excluding carboxylic acids is 2. The molecule has 20 heavy (non-hydrogen) atoms. The molecule has 2 aliphatic heterocycles. The summed E-state index contributed by atoms with van der Waals surface area (Å²) in [7, 11) is 0. The SMILES string of the molecule is CCN1CCC(CN2CC(=O)NC(CC)(CC)C2=O)C1. The monoisotopic (exact) mass is 281 g/mol. The second kappa shape index (κ2) is 6.12. The Morgan fingerprint density at radius 1 is 1.25 bits per heavy atom. The van der Waals surface area contributed by atoms with Crippen molar-refractivity contribution < 1.29 is 9.59 Å². The van der Waals surface area contributed by atoms with Crippen LogP contribution in [0.4, 0.5) is 0 Å². The molecule has 1 atom stereocenters. The first-order valence-corrected chi connectivity index (χ1v) is 7.87. The Bertz CT molecular complexity index is 379. The first kappa shape index (κ1) is 15.3. The van der Waals surface area contributed by atoms with Crippen molar-refractivity contribution in [1.82, 2.24) is 15.1 Å². The normalized spacial score (nSPS) is 26.9. The van der Waals surface area contributed by atoms with E-state index in [2.05, 4.69) is 17.1 Å². The van der Waals surface area contributed by atoms with E-state index in [-0.39, 0.29) is 18.4 Å². The predicted molar refractivity (Wildman–Crippen MR) is 78.3 cm³/mol. The van der Waals surface area contributed by atoms with E-state index in [1.807, 2.05) is 13.8 Å². The number of nitrogens with zero attached hydrogens (tertiary/aromatic N) is 2. The lowest BCUT2D eigenvalue weighted by atomic mass is 9.88. The maximum atomic E-state index is 12.7. The fourth-order valence-electron chi connectivity index (χ4n) is 3.45. The van der Waals surface area contributed by atoms with E-state index in [0.717, 1.165) is 32.6 Å². The summed E-state index contributed by atoms with van der Waals surface area (Å²) < 4.78 is 0. The van der Waals surface area contributed by atoms with Crippen molar-refractivity contribution in [3.63, 3.8) is 0 Å². The van der Waals surface area contributed by atoms with Crippen molar-refractivity contribution in [3.8, 4) is 0 Å². The lowest BCUT2D eigenvalue weighted by Gasteiger charge is -2.42. The Labute approximate surface area is 121 Å². The molecule has 0 radical (unpaired) electrons. The molecule has 5 heteroatoms. The van der Waals surface area contributed by atoms with Crippen molar-refractivity contribution in [2.75, 3.05) is 32.7 Å². The molecule has 0 bridgehead atoms. The average Bonchev–Trinajstić information content (AvgIpc) is 2.90. The minimum absolute atomic E-state index is 0.0151. The summed E-state index contributed by atoms with van der Waals surface area (Å²) in [5.74, 6) is 0.604. The van der Waals surface area contributed by atoms with E-state index in [1.165, 1.54) is 0 Å². The number of carbonyl (C=O) groups is 2. The molecule has 2 aliphatic rings. The van der Waals surface area contributed by atoms with Crippen LogP contribution in [0, 0.1) is 5.92 Å². The Hall–Kier alpha value is -1.10. The van der Waals surface area contributed by atoms with Gasteiger partial charge in [0.15, 0.2) is 0 Å². The molecular formula is C15H27N3O2. The zero-order valence-electron chi connectivity index (χ0n) is 12.9. The van der Waals surface area contributed by atoms with Gasteiger partial charge in [0.05, 0.1) is 6.54 Å². The standard InChI is InChI=1S/C15H27N3O2/c1-4-15(5-2)14(20)18(11-13(19)16-15)10-12-7-8-17(6-3)9-12/h12H,4-11H2,1-3H3,(H,16,19). The molecule has 0 aromatic carbocycles. The third kappa shape index (κ3) is 2.82. The zero-order chi connectivity index (χ0) is 14.8. The molecule has 5 nitrogen and oxygen atoms in total. The van der Waals surface area contributed by atoms with Gasteiger partial charge in [-0.15, -0.1) is 0 Å². The molecule has 1 unspecified atom stereocenters. The summed E-state index contributed by atoms with van der Waals surface area (Å²) in [6.45, 7) is 10.3. The quantitative estimate of drug-likeness (QED) is 0.812. The number of nitrogens with one attached hydrogen (secondary N) is 1. The third-order valence-electron chi connectivity index (χ3n) is 4.91. The topological polar surface area (TPSA) is 52.6 Å². The first-order chi connectivity index (χ1) is 9.54. The highest BCUT2D eigenvalue weighted by atomic mass is 16.2. The van der Waals surface area contributed by atoms with Crippen LogP contribution in [0.15, 0.2) is 0 Å². The number of hydrogen-bond donors (Lipinski definition) is 1. The van der Waals surface area contributed by atoms with E-state index in [1.54, 1.807) is 4.90 Å². The molecule has 114 valence electrons. The Morgan fingerprint density at radius 3 is 2.50 bits per heavy atom. The summed E-state index contributed by atoms with van der Waals surface area (Å²) in [4.78, 5) is 28.8. The minimum atomic E-state index is -0.668. The van der Waals surface area contributed by atoms with Gasteiger partial charge in [-0.2, -0.15) is 0 Å². The van der Waals surface area contributed by atoms with Crippen molar-refractivity contribution >= 4 is 11.8 Å². The van der Waals surface area contributed by atoms with Gasteiger partial charge >= 0.3 is 0 Å². The van der Waals surface area contributed by atoms with E-state index in [9.17, 15) is 9.59 Å². The summed E-state index contributed by atoms with van der Waals surface area (Å²) in [5.41, 5.74) is -0.668. The molecular weight excluding hydrogens is 254 g/mol. The molecule has 0 saturated carbocycles. The molecule has 2 rings (SSSR count). The lowest BCUT2D eigenvalue weighted by Crippen LogP contribution is -2.66. The highest BCUT2D eigenvalue weighted by Crippen LogP contribution is 2.25. The number of rotatable bonds is 5. The Balaban J connectivity index is 2.03. The van der Waals surface area contributed by atoms with Gasteiger partial charge < -0.3 is 15.1 Å². The van der Waals surface area contributed by atoms with E-state index in [4.69, 9.17) is 0 Å². The van der Waals surface area contributed by atoms with Gasteiger partial charge in [-0.05, 0) is 38.3 Å². The summed E-state index contributed by atoms with van der Waals surface area (Å²) >= 11 is 0. The molecule has 0 aromatic rings. The fourth-order valence-corrected chi connectivity index (χ4v) is 3.45. The summed E-state index contributed by atoms with van der Waals surface area (Å²) in [6, 6.07) is 0. The van der Waals surface area contributed by atoms with Crippen LogP contribution in [-0.2, 0) is 9.59 Å². The summed E-state index contributed by atoms with van der Waals surface area (Å²) in [6.07, 6.45) is 2.46. The first-order valence-electron chi connectivity index (χ1n) is 7.87. The van der Waals surface area contributed by atoms with Crippen LogP contribution in [0.2, 0.25) is 0 Å². The molecule has 0 aromatic heterocycles. The fraction of sp³-hybridized carbons (Fsp3) is 0.867. The number of hydrogen-bond acceptors (Lipinski definition) is 3. The van der Waals surface area contributed by atoms with Crippen LogP contribution in [0.3, 0.4) is 0 Å². The van der Waals surface area contributed by atoms with Crippen LogP contribution < -0.4 is 5.32 Å². The minimum Gasteiger partial charge on any atom is -0.340 e. The molecule has 2 saturated heterocycles. The van der Waals surface area contributed by atoms with Gasteiger partial charge in [0.25, 0.3) is 0 Å². The number of amides is 2. The van der Waals surface area contributed by atoms with E-state index >= 15 is 0 Å². The van der Waals surface area contributed by atoms with Gasteiger partial charge in [-0.1, -0.05) is 20.8 Å². The smallest absolute Gasteiger partial charge is 0.248 e. The van der Waals surface area contributed by atoms with E-state index in [0.29, 0.717) is 18.8 Å². The third-order valence-corrected chi connectivity index (χ3v) is 4.91. The maximum absolute atomic E-state index is 12.7. The highest BCUT2D eigenvalue weighted by Gasteiger charge is 2.44. The van der Waals surface area contributed by atoms with Crippen LogP contribution in [-0.4, -0.2) is 59.9 Å². The van der Waals surface area contributed by atoms with Gasteiger partial charge in [-0.3, -0.25) is 9.59 Å². The van der Waals surface area contributed by atoms with Crippen LogP contribution >= 0.6 is 0 Å². The van der Waals surface area contributed by atoms with Crippen molar-refractivity contribution in [3.05, 3.63) is 0 Å². The lowest BCUT2D eigenvalue weighted by molar-refractivity contribution is -0.151. The van der Waals surface area contributed by atoms with Gasteiger partial charge in [0, 0.05) is 13.1 Å². The molecule has 0 spiro atoms. The number of likely N-dealkylation sites (tertiary alicyclic amines) is 1.